The standard InChI is InChI=1S/C11H16N2O3S2/c1-9-2-3-10(12)8-11(9)18(15,16)13-4-6-17(14)7-5-13/h2-3,8H,4-7,12H2,1H3. The van der Waals surface area contributed by atoms with Gasteiger partial charge in [-0.15, -0.1) is 0 Å². The summed E-state index contributed by atoms with van der Waals surface area (Å²) in [5.41, 5.74) is 6.75. The highest BCUT2D eigenvalue weighted by molar-refractivity contribution is 7.89. The Hall–Kier alpha value is -0.920. The van der Waals surface area contributed by atoms with Gasteiger partial charge in [0.15, 0.2) is 0 Å². The Morgan fingerprint density at radius 1 is 1.28 bits per heavy atom. The molecule has 18 heavy (non-hydrogen) atoms. The van der Waals surface area contributed by atoms with Crippen molar-refractivity contribution in [3.63, 3.8) is 0 Å². The smallest absolute Gasteiger partial charge is 0.243 e. The first-order valence-corrected chi connectivity index (χ1v) is 8.55. The molecule has 1 heterocycles. The minimum absolute atomic E-state index is 0.246. The number of nitrogens with two attached hydrogens (primary N) is 1. The minimum Gasteiger partial charge on any atom is -0.399 e. The fraction of sp³-hybridized carbons (Fsp3) is 0.455. The van der Waals surface area contributed by atoms with E-state index in [0.717, 1.165) is 0 Å². The molecule has 1 aliphatic rings. The number of anilines is 1. The third-order valence-electron chi connectivity index (χ3n) is 2.97. The molecule has 0 atom stereocenters. The number of hydrogen-bond donors (Lipinski definition) is 1. The Kier molecular flexibility index (Phi) is 3.74. The zero-order chi connectivity index (χ0) is 13.3. The van der Waals surface area contributed by atoms with E-state index in [1.54, 1.807) is 19.1 Å². The van der Waals surface area contributed by atoms with E-state index in [-0.39, 0.29) is 4.90 Å². The summed E-state index contributed by atoms with van der Waals surface area (Å²) in [6, 6.07) is 4.86. The van der Waals surface area contributed by atoms with Gasteiger partial charge in [0.25, 0.3) is 0 Å². The number of nitrogen functional groups attached to an aromatic ring is 1. The van der Waals surface area contributed by atoms with Gasteiger partial charge < -0.3 is 5.73 Å². The van der Waals surface area contributed by atoms with Crippen molar-refractivity contribution in [3.05, 3.63) is 23.8 Å². The van der Waals surface area contributed by atoms with Crippen LogP contribution >= 0.6 is 0 Å². The second kappa shape index (κ2) is 4.99. The molecule has 7 heteroatoms. The van der Waals surface area contributed by atoms with E-state index >= 15 is 0 Å². The highest BCUT2D eigenvalue weighted by atomic mass is 32.2. The second-order valence-corrected chi connectivity index (χ2v) is 7.88. The van der Waals surface area contributed by atoms with Crippen molar-refractivity contribution in [1.29, 1.82) is 0 Å². The van der Waals surface area contributed by atoms with E-state index in [2.05, 4.69) is 0 Å². The summed E-state index contributed by atoms with van der Waals surface area (Å²) in [5.74, 6) is 0.807. The molecular formula is C11H16N2O3S2. The molecule has 1 fully saturated rings. The van der Waals surface area contributed by atoms with Gasteiger partial charge in [-0.25, -0.2) is 8.42 Å². The van der Waals surface area contributed by atoms with Gasteiger partial charge in [-0.3, -0.25) is 4.21 Å². The molecule has 0 spiro atoms. The monoisotopic (exact) mass is 288 g/mol. The van der Waals surface area contributed by atoms with Crippen LogP contribution in [0.25, 0.3) is 0 Å². The molecule has 1 aromatic rings. The first-order chi connectivity index (χ1) is 8.41. The molecule has 0 saturated carbocycles. The first-order valence-electron chi connectivity index (χ1n) is 5.62. The van der Waals surface area contributed by atoms with Crippen molar-refractivity contribution in [1.82, 2.24) is 4.31 Å². The average Bonchev–Trinajstić information content (AvgIpc) is 2.32. The van der Waals surface area contributed by atoms with Crippen molar-refractivity contribution in [2.75, 3.05) is 30.3 Å². The van der Waals surface area contributed by atoms with Crippen molar-refractivity contribution in [3.8, 4) is 0 Å². The Morgan fingerprint density at radius 2 is 1.89 bits per heavy atom. The predicted octanol–water partition coefficient (Wildman–Crippen LogP) is 0.330. The van der Waals surface area contributed by atoms with Crippen LogP contribution in [0.5, 0.6) is 0 Å². The van der Waals surface area contributed by atoms with Gasteiger partial charge in [0.2, 0.25) is 10.0 Å². The molecular weight excluding hydrogens is 272 g/mol. The van der Waals surface area contributed by atoms with Crippen molar-refractivity contribution in [2.24, 2.45) is 0 Å². The summed E-state index contributed by atoms with van der Waals surface area (Å²) in [6.07, 6.45) is 0. The molecule has 0 radical (unpaired) electrons. The van der Waals surface area contributed by atoms with Crippen molar-refractivity contribution in [2.45, 2.75) is 11.8 Å². The summed E-state index contributed by atoms with van der Waals surface area (Å²) in [5, 5.41) is 0. The number of benzene rings is 1. The van der Waals surface area contributed by atoms with E-state index in [1.807, 2.05) is 0 Å². The van der Waals surface area contributed by atoms with E-state index < -0.39 is 20.8 Å². The maximum Gasteiger partial charge on any atom is 0.243 e. The van der Waals surface area contributed by atoms with E-state index in [0.29, 0.717) is 35.8 Å². The highest BCUT2D eigenvalue weighted by Crippen LogP contribution is 2.23. The molecule has 100 valence electrons. The maximum absolute atomic E-state index is 12.4. The lowest BCUT2D eigenvalue weighted by Gasteiger charge is -2.26. The van der Waals surface area contributed by atoms with Crippen LogP contribution in [0.3, 0.4) is 0 Å². The fourth-order valence-corrected chi connectivity index (χ4v) is 4.88. The first kappa shape index (κ1) is 13.5. The van der Waals surface area contributed by atoms with Crippen LogP contribution in [0.15, 0.2) is 23.1 Å². The lowest BCUT2D eigenvalue weighted by Crippen LogP contribution is -2.41. The van der Waals surface area contributed by atoms with E-state index in [4.69, 9.17) is 5.73 Å². The summed E-state index contributed by atoms with van der Waals surface area (Å²) >= 11 is 0. The summed E-state index contributed by atoms with van der Waals surface area (Å²) in [4.78, 5) is 0.246. The van der Waals surface area contributed by atoms with Crippen LogP contribution in [0, 0.1) is 6.92 Å². The fourth-order valence-electron chi connectivity index (χ4n) is 1.90. The largest absolute Gasteiger partial charge is 0.399 e. The predicted molar refractivity (Wildman–Crippen MR) is 72.2 cm³/mol. The normalized spacial score (nSPS) is 18.9. The number of hydrogen-bond acceptors (Lipinski definition) is 4. The number of nitrogens with zero attached hydrogens (tertiary/aromatic N) is 1. The van der Waals surface area contributed by atoms with Crippen LogP contribution in [-0.2, 0) is 20.8 Å². The van der Waals surface area contributed by atoms with Crippen molar-refractivity contribution >= 4 is 26.5 Å². The molecule has 5 nitrogen and oxygen atoms in total. The molecule has 0 bridgehead atoms. The molecule has 0 unspecified atom stereocenters. The second-order valence-electron chi connectivity index (χ2n) is 4.28. The van der Waals surface area contributed by atoms with Gasteiger partial charge >= 0.3 is 0 Å². The van der Waals surface area contributed by atoms with Gasteiger partial charge in [0, 0.05) is 41.1 Å². The third kappa shape index (κ3) is 2.57. The van der Waals surface area contributed by atoms with Gasteiger partial charge in [-0.2, -0.15) is 4.31 Å². The third-order valence-corrected chi connectivity index (χ3v) is 6.28. The van der Waals surface area contributed by atoms with Crippen LogP contribution in [-0.4, -0.2) is 41.5 Å². The lowest BCUT2D eigenvalue weighted by atomic mass is 10.2. The maximum atomic E-state index is 12.4. The number of rotatable bonds is 2. The van der Waals surface area contributed by atoms with Crippen LogP contribution in [0.4, 0.5) is 5.69 Å². The zero-order valence-corrected chi connectivity index (χ0v) is 11.8. The Bertz CT molecular complexity index is 574. The zero-order valence-electron chi connectivity index (χ0n) is 10.1. The number of aryl methyl sites for hydroxylation is 1. The molecule has 1 saturated heterocycles. The van der Waals surface area contributed by atoms with Gasteiger partial charge in [0.05, 0.1) is 4.90 Å². The number of sulfonamides is 1. The quantitative estimate of drug-likeness (QED) is 0.795. The van der Waals surface area contributed by atoms with Crippen molar-refractivity contribution < 1.29 is 12.6 Å². The minimum atomic E-state index is -3.52. The molecule has 0 amide bonds. The molecule has 0 aromatic heterocycles. The SMILES string of the molecule is Cc1ccc(N)cc1S(=O)(=O)N1CCS(=O)CC1. The molecule has 1 aromatic carbocycles. The average molecular weight is 288 g/mol. The topological polar surface area (TPSA) is 80.5 Å². The van der Waals surface area contributed by atoms with Gasteiger partial charge in [0.1, 0.15) is 0 Å². The summed E-state index contributed by atoms with van der Waals surface area (Å²) < 4.78 is 37.5. The molecule has 0 aliphatic carbocycles. The Morgan fingerprint density at radius 3 is 2.50 bits per heavy atom. The summed E-state index contributed by atoms with van der Waals surface area (Å²) in [6.45, 7) is 2.36. The highest BCUT2D eigenvalue weighted by Gasteiger charge is 2.29. The Labute approximate surface area is 109 Å². The van der Waals surface area contributed by atoms with Gasteiger partial charge in [-0.05, 0) is 24.6 Å². The van der Waals surface area contributed by atoms with E-state index in [1.165, 1.54) is 10.4 Å². The van der Waals surface area contributed by atoms with Crippen LogP contribution in [0.2, 0.25) is 0 Å². The summed E-state index contributed by atoms with van der Waals surface area (Å²) in [7, 11) is -4.41. The molecule has 2 N–H and O–H groups in total. The molecule has 2 rings (SSSR count). The van der Waals surface area contributed by atoms with Crippen LogP contribution in [0.1, 0.15) is 5.56 Å². The van der Waals surface area contributed by atoms with Gasteiger partial charge in [-0.1, -0.05) is 6.07 Å². The van der Waals surface area contributed by atoms with Crippen LogP contribution < -0.4 is 5.73 Å². The van der Waals surface area contributed by atoms with E-state index in [9.17, 15) is 12.6 Å². The lowest BCUT2D eigenvalue weighted by molar-refractivity contribution is 0.438. The Balaban J connectivity index is 2.36. The molecule has 1 aliphatic heterocycles.